The van der Waals surface area contributed by atoms with Crippen LogP contribution < -0.4 is 5.73 Å². The lowest BCUT2D eigenvalue weighted by Gasteiger charge is -2.35. The summed E-state index contributed by atoms with van der Waals surface area (Å²) >= 11 is 0. The molecule has 2 heteroatoms. The molecule has 2 nitrogen and oxygen atoms in total. The van der Waals surface area contributed by atoms with E-state index >= 15 is 0 Å². The largest absolute Gasteiger partial charge is 0.326 e. The molecule has 0 amide bonds. The first-order chi connectivity index (χ1) is 8.19. The molecule has 0 aliphatic carbocycles. The predicted molar refractivity (Wildman–Crippen MR) is 72.6 cm³/mol. The average molecular weight is 232 g/mol. The zero-order valence-corrected chi connectivity index (χ0v) is 11.0. The summed E-state index contributed by atoms with van der Waals surface area (Å²) in [6.45, 7) is 8.87. The van der Waals surface area contributed by atoms with Crippen LogP contribution in [0.1, 0.15) is 31.4 Å². The summed E-state index contributed by atoms with van der Waals surface area (Å²) in [5.74, 6) is 1.65. The van der Waals surface area contributed by atoms with Crippen LogP contribution in [0.3, 0.4) is 0 Å². The van der Waals surface area contributed by atoms with Crippen LogP contribution in [0, 0.1) is 11.8 Å². The number of nitrogens with zero attached hydrogens (tertiary/aromatic N) is 1. The molecule has 17 heavy (non-hydrogen) atoms. The Labute approximate surface area is 105 Å². The molecule has 0 aromatic heterocycles. The molecule has 94 valence electrons. The van der Waals surface area contributed by atoms with Crippen molar-refractivity contribution in [2.75, 3.05) is 13.1 Å². The first-order valence-electron chi connectivity index (χ1n) is 6.68. The number of likely N-dealkylation sites (tertiary alicyclic amines) is 1. The van der Waals surface area contributed by atoms with Gasteiger partial charge in [-0.25, -0.2) is 0 Å². The van der Waals surface area contributed by atoms with Crippen LogP contribution in [0.25, 0.3) is 0 Å². The maximum Gasteiger partial charge on any atom is 0.0237 e. The standard InChI is InChI=1S/C15H24N2/c1-12-7-13(2)10-17(9-12)11-15-6-4-3-5-14(15)8-16/h3-6,12-13H,7-11,16H2,1-2H3/t12-,13-/m1/s1. The van der Waals surface area contributed by atoms with Gasteiger partial charge in [0.15, 0.2) is 0 Å². The molecule has 1 heterocycles. The van der Waals surface area contributed by atoms with Gasteiger partial charge < -0.3 is 5.73 Å². The lowest BCUT2D eigenvalue weighted by atomic mass is 9.91. The van der Waals surface area contributed by atoms with E-state index in [-0.39, 0.29) is 0 Å². The molecule has 0 spiro atoms. The molecule has 2 rings (SSSR count). The third-order valence-electron chi connectivity index (χ3n) is 3.68. The SMILES string of the molecule is C[C@@H]1C[C@@H](C)CN(Cc2ccccc2CN)C1. The Hall–Kier alpha value is -0.860. The second kappa shape index (κ2) is 5.65. The minimum Gasteiger partial charge on any atom is -0.326 e. The number of rotatable bonds is 3. The summed E-state index contributed by atoms with van der Waals surface area (Å²) in [6.07, 6.45) is 1.37. The van der Waals surface area contributed by atoms with E-state index in [1.165, 1.54) is 30.6 Å². The molecule has 0 radical (unpaired) electrons. The van der Waals surface area contributed by atoms with E-state index in [1.807, 2.05) is 0 Å². The van der Waals surface area contributed by atoms with Crippen molar-refractivity contribution in [3.05, 3.63) is 35.4 Å². The highest BCUT2D eigenvalue weighted by Crippen LogP contribution is 2.23. The van der Waals surface area contributed by atoms with Crippen LogP contribution in [0.2, 0.25) is 0 Å². The minimum absolute atomic E-state index is 0.648. The molecule has 0 unspecified atom stereocenters. The Morgan fingerprint density at radius 3 is 2.29 bits per heavy atom. The van der Waals surface area contributed by atoms with Crippen molar-refractivity contribution >= 4 is 0 Å². The number of hydrogen-bond acceptors (Lipinski definition) is 2. The zero-order valence-electron chi connectivity index (χ0n) is 11.0. The third kappa shape index (κ3) is 3.30. The van der Waals surface area contributed by atoms with E-state index in [1.54, 1.807) is 0 Å². The van der Waals surface area contributed by atoms with Gasteiger partial charge in [-0.05, 0) is 29.4 Å². The summed E-state index contributed by atoms with van der Waals surface area (Å²) in [7, 11) is 0. The molecular weight excluding hydrogens is 208 g/mol. The summed E-state index contributed by atoms with van der Waals surface area (Å²) in [5, 5.41) is 0. The monoisotopic (exact) mass is 232 g/mol. The third-order valence-corrected chi connectivity index (χ3v) is 3.68. The van der Waals surface area contributed by atoms with Gasteiger partial charge in [0.05, 0.1) is 0 Å². The van der Waals surface area contributed by atoms with E-state index in [0.717, 1.165) is 18.4 Å². The van der Waals surface area contributed by atoms with Crippen LogP contribution in [0.4, 0.5) is 0 Å². The van der Waals surface area contributed by atoms with Crippen molar-refractivity contribution in [2.24, 2.45) is 17.6 Å². The molecule has 1 aliphatic heterocycles. The summed E-state index contributed by atoms with van der Waals surface area (Å²) in [4.78, 5) is 2.58. The van der Waals surface area contributed by atoms with E-state index in [4.69, 9.17) is 5.73 Å². The topological polar surface area (TPSA) is 29.3 Å². The lowest BCUT2D eigenvalue weighted by Crippen LogP contribution is -2.38. The lowest BCUT2D eigenvalue weighted by molar-refractivity contribution is 0.134. The normalized spacial score (nSPS) is 26.1. The van der Waals surface area contributed by atoms with Crippen molar-refractivity contribution in [2.45, 2.75) is 33.4 Å². The fraction of sp³-hybridized carbons (Fsp3) is 0.600. The van der Waals surface area contributed by atoms with Crippen LogP contribution in [0.15, 0.2) is 24.3 Å². The number of nitrogens with two attached hydrogens (primary N) is 1. The molecule has 0 saturated carbocycles. The van der Waals surface area contributed by atoms with Gasteiger partial charge in [-0.1, -0.05) is 38.1 Å². The van der Waals surface area contributed by atoms with Gasteiger partial charge in [0.2, 0.25) is 0 Å². The van der Waals surface area contributed by atoms with Crippen molar-refractivity contribution < 1.29 is 0 Å². The quantitative estimate of drug-likeness (QED) is 0.868. The average Bonchev–Trinajstić information content (AvgIpc) is 2.28. The Morgan fingerprint density at radius 2 is 1.71 bits per heavy atom. The van der Waals surface area contributed by atoms with E-state index in [9.17, 15) is 0 Å². The Bertz CT molecular complexity index is 352. The predicted octanol–water partition coefficient (Wildman–Crippen LogP) is 2.62. The summed E-state index contributed by atoms with van der Waals surface area (Å²) in [6, 6.07) is 8.55. The molecule has 0 bridgehead atoms. The molecule has 1 aromatic carbocycles. The van der Waals surface area contributed by atoms with E-state index in [0.29, 0.717) is 6.54 Å². The highest BCUT2D eigenvalue weighted by Gasteiger charge is 2.21. The highest BCUT2D eigenvalue weighted by atomic mass is 15.1. The smallest absolute Gasteiger partial charge is 0.0237 e. The van der Waals surface area contributed by atoms with Crippen molar-refractivity contribution in [1.29, 1.82) is 0 Å². The fourth-order valence-corrected chi connectivity index (χ4v) is 3.07. The number of piperidine rings is 1. The summed E-state index contributed by atoms with van der Waals surface area (Å²) in [5.41, 5.74) is 8.48. The number of benzene rings is 1. The molecule has 2 atom stereocenters. The molecule has 1 aliphatic rings. The molecule has 1 aromatic rings. The maximum absolute atomic E-state index is 5.79. The van der Waals surface area contributed by atoms with Gasteiger partial charge in [-0.2, -0.15) is 0 Å². The second-order valence-electron chi connectivity index (χ2n) is 5.61. The second-order valence-corrected chi connectivity index (χ2v) is 5.61. The van der Waals surface area contributed by atoms with Crippen LogP contribution in [-0.2, 0) is 13.1 Å². The van der Waals surface area contributed by atoms with Gasteiger partial charge >= 0.3 is 0 Å². The van der Waals surface area contributed by atoms with E-state index in [2.05, 4.69) is 43.0 Å². The highest BCUT2D eigenvalue weighted by molar-refractivity contribution is 5.26. The van der Waals surface area contributed by atoms with Crippen LogP contribution >= 0.6 is 0 Å². The van der Waals surface area contributed by atoms with Gasteiger partial charge in [0, 0.05) is 26.2 Å². The zero-order chi connectivity index (χ0) is 12.3. The first-order valence-corrected chi connectivity index (χ1v) is 6.68. The Kier molecular flexibility index (Phi) is 4.19. The molecule has 1 fully saturated rings. The van der Waals surface area contributed by atoms with Crippen LogP contribution in [0.5, 0.6) is 0 Å². The van der Waals surface area contributed by atoms with Crippen molar-refractivity contribution in [1.82, 2.24) is 4.90 Å². The van der Waals surface area contributed by atoms with Gasteiger partial charge in [0.1, 0.15) is 0 Å². The van der Waals surface area contributed by atoms with Gasteiger partial charge in [-0.3, -0.25) is 4.90 Å². The first kappa shape index (κ1) is 12.6. The maximum atomic E-state index is 5.79. The van der Waals surface area contributed by atoms with Crippen molar-refractivity contribution in [3.8, 4) is 0 Å². The Morgan fingerprint density at radius 1 is 1.12 bits per heavy atom. The summed E-state index contributed by atoms with van der Waals surface area (Å²) < 4.78 is 0. The van der Waals surface area contributed by atoms with Crippen molar-refractivity contribution in [3.63, 3.8) is 0 Å². The molecule has 2 N–H and O–H groups in total. The molecular formula is C15H24N2. The Balaban J connectivity index is 2.04. The molecule has 1 saturated heterocycles. The van der Waals surface area contributed by atoms with E-state index < -0.39 is 0 Å². The van der Waals surface area contributed by atoms with Crippen LogP contribution in [-0.4, -0.2) is 18.0 Å². The number of hydrogen-bond donors (Lipinski definition) is 1. The van der Waals surface area contributed by atoms with Gasteiger partial charge in [0.25, 0.3) is 0 Å². The van der Waals surface area contributed by atoms with Gasteiger partial charge in [-0.15, -0.1) is 0 Å². The minimum atomic E-state index is 0.648. The fourth-order valence-electron chi connectivity index (χ4n) is 3.07.